The summed E-state index contributed by atoms with van der Waals surface area (Å²) in [7, 11) is 3.40. The van der Waals surface area contributed by atoms with Crippen LogP contribution in [0.25, 0.3) is 16.9 Å². The summed E-state index contributed by atoms with van der Waals surface area (Å²) in [5.41, 5.74) is 2.39. The van der Waals surface area contributed by atoms with Gasteiger partial charge in [0.15, 0.2) is 0 Å². The van der Waals surface area contributed by atoms with Crippen LogP contribution in [0.1, 0.15) is 82.9 Å². The highest BCUT2D eigenvalue weighted by Gasteiger charge is 2.46. The Morgan fingerprint density at radius 2 is 1.83 bits per heavy atom. The highest BCUT2D eigenvalue weighted by Crippen LogP contribution is 2.39. The molecule has 0 saturated heterocycles. The van der Waals surface area contributed by atoms with Gasteiger partial charge >= 0.3 is 5.97 Å². The van der Waals surface area contributed by atoms with Crippen LogP contribution in [-0.2, 0) is 19.1 Å². The number of aryl methyl sites for hydroxylation is 1. The number of fused-ring (bicyclic) bond motifs is 2. The van der Waals surface area contributed by atoms with Crippen LogP contribution >= 0.6 is 0 Å². The molecule has 2 aromatic heterocycles. The lowest BCUT2D eigenvalue weighted by atomic mass is 9.93. The monoisotopic (exact) mass is 660 g/mol. The molecular weight excluding hydrogens is 612 g/mol. The van der Waals surface area contributed by atoms with E-state index in [2.05, 4.69) is 30.3 Å². The highest BCUT2D eigenvalue weighted by atomic mass is 16.5. The van der Waals surface area contributed by atoms with Gasteiger partial charge in [-0.15, -0.1) is 0 Å². The molecule has 0 spiro atoms. The molecule has 2 amide bonds. The summed E-state index contributed by atoms with van der Waals surface area (Å²) in [6.07, 6.45) is 9.79. The van der Waals surface area contributed by atoms with Crippen molar-refractivity contribution in [1.82, 2.24) is 30.0 Å². The van der Waals surface area contributed by atoms with E-state index in [9.17, 15) is 14.4 Å². The molecule has 1 saturated carbocycles. The zero-order chi connectivity index (χ0) is 34.4. The van der Waals surface area contributed by atoms with Gasteiger partial charge in [-0.05, 0) is 82.9 Å². The van der Waals surface area contributed by atoms with Crippen molar-refractivity contribution < 1.29 is 28.6 Å². The standard InChI is InChI=1S/C36H48N6O6/c1-7-47-35(45)29-14-12-10-8-9-11-13-18-41(5)34(44)27-21-24(20-26(27)32(43)37-29)48-33-25-15-16-30(46-6)23(4)31(25)38-36(39-33)42-19-17-28(40-42)22(2)3/h8,10,15-17,19,22,24,26-27,29H,7,9,11-14,18,20-21H2,1-6H3,(H,37,43). The van der Waals surface area contributed by atoms with Gasteiger partial charge in [-0.2, -0.15) is 10.1 Å². The molecule has 1 aliphatic carbocycles. The van der Waals surface area contributed by atoms with E-state index in [0.717, 1.165) is 30.5 Å². The predicted octanol–water partition coefficient (Wildman–Crippen LogP) is 5.06. The first kappa shape index (κ1) is 34.8. The molecule has 48 heavy (non-hydrogen) atoms. The van der Waals surface area contributed by atoms with Crippen molar-refractivity contribution in [2.75, 3.05) is 27.3 Å². The summed E-state index contributed by atoms with van der Waals surface area (Å²) in [6.45, 7) is 8.62. The van der Waals surface area contributed by atoms with Crippen molar-refractivity contribution in [3.63, 3.8) is 0 Å². The maximum absolute atomic E-state index is 13.9. The summed E-state index contributed by atoms with van der Waals surface area (Å²) >= 11 is 0. The molecule has 3 aromatic rings. The molecule has 0 bridgehead atoms. The predicted molar refractivity (Wildman–Crippen MR) is 181 cm³/mol. The number of hydrogen-bond donors (Lipinski definition) is 1. The molecule has 12 heteroatoms. The zero-order valence-electron chi connectivity index (χ0n) is 28.9. The number of esters is 1. The number of nitrogens with zero attached hydrogens (tertiary/aromatic N) is 5. The molecule has 1 aromatic carbocycles. The third kappa shape index (κ3) is 7.79. The first-order valence-electron chi connectivity index (χ1n) is 17.1. The number of ether oxygens (including phenoxy) is 3. The summed E-state index contributed by atoms with van der Waals surface area (Å²) in [5.74, 6) is -0.668. The van der Waals surface area contributed by atoms with E-state index >= 15 is 0 Å². The zero-order valence-corrected chi connectivity index (χ0v) is 28.9. The van der Waals surface area contributed by atoms with Gasteiger partial charge in [0, 0.05) is 25.4 Å². The van der Waals surface area contributed by atoms with Crippen molar-refractivity contribution in [3.05, 3.63) is 47.8 Å². The molecule has 1 fully saturated rings. The minimum atomic E-state index is -0.809. The number of hydrogen-bond acceptors (Lipinski definition) is 9. The van der Waals surface area contributed by atoms with Crippen molar-refractivity contribution in [1.29, 1.82) is 0 Å². The number of rotatable bonds is 7. The molecule has 258 valence electrons. The van der Waals surface area contributed by atoms with E-state index in [1.807, 2.05) is 37.4 Å². The van der Waals surface area contributed by atoms with E-state index in [4.69, 9.17) is 24.2 Å². The SMILES string of the molecule is CCOC(=O)C1CCC=CCCCCN(C)C(=O)C2CC(Oc3nc(-n4ccc(C(C)C)n4)nc4c(C)c(OC)ccc34)CC2C(=O)N1. The maximum Gasteiger partial charge on any atom is 0.328 e. The van der Waals surface area contributed by atoms with Gasteiger partial charge in [0.2, 0.25) is 17.7 Å². The lowest BCUT2D eigenvalue weighted by Gasteiger charge is -2.25. The van der Waals surface area contributed by atoms with Crippen LogP contribution in [0.4, 0.5) is 0 Å². The van der Waals surface area contributed by atoms with Gasteiger partial charge in [-0.3, -0.25) is 9.59 Å². The maximum atomic E-state index is 13.9. The van der Waals surface area contributed by atoms with Crippen LogP contribution in [0, 0.1) is 18.8 Å². The molecule has 3 heterocycles. The minimum Gasteiger partial charge on any atom is -0.496 e. The van der Waals surface area contributed by atoms with E-state index in [1.165, 1.54) is 0 Å². The number of benzene rings is 1. The van der Waals surface area contributed by atoms with Crippen molar-refractivity contribution in [2.24, 2.45) is 11.8 Å². The van der Waals surface area contributed by atoms with Crippen LogP contribution in [0.15, 0.2) is 36.5 Å². The normalized spacial score (nSPS) is 22.6. The lowest BCUT2D eigenvalue weighted by Crippen LogP contribution is -2.47. The first-order chi connectivity index (χ1) is 23.1. The third-order valence-corrected chi connectivity index (χ3v) is 9.27. The number of nitrogens with one attached hydrogen (secondary N) is 1. The Hall–Kier alpha value is -4.48. The second-order valence-corrected chi connectivity index (χ2v) is 13.0. The molecule has 0 radical (unpaired) electrons. The van der Waals surface area contributed by atoms with Gasteiger partial charge in [0.25, 0.3) is 5.95 Å². The van der Waals surface area contributed by atoms with Gasteiger partial charge in [-0.25, -0.2) is 14.5 Å². The number of allylic oxidation sites excluding steroid dienone is 2. The Balaban J connectivity index is 1.49. The fourth-order valence-electron chi connectivity index (χ4n) is 6.53. The number of carbonyl (C=O) groups is 3. The Morgan fingerprint density at radius 1 is 1.06 bits per heavy atom. The quantitative estimate of drug-likeness (QED) is 0.272. The van der Waals surface area contributed by atoms with Gasteiger partial charge < -0.3 is 24.4 Å². The fraction of sp³-hybridized carbons (Fsp3) is 0.556. The Bertz CT molecular complexity index is 1650. The number of amides is 2. The van der Waals surface area contributed by atoms with Gasteiger partial charge in [0.05, 0.1) is 42.1 Å². The summed E-state index contributed by atoms with van der Waals surface area (Å²) in [4.78, 5) is 52.0. The summed E-state index contributed by atoms with van der Waals surface area (Å²) < 4.78 is 19.1. The van der Waals surface area contributed by atoms with Crippen LogP contribution < -0.4 is 14.8 Å². The van der Waals surface area contributed by atoms with Crippen LogP contribution in [-0.4, -0.2) is 81.9 Å². The second-order valence-electron chi connectivity index (χ2n) is 13.0. The Morgan fingerprint density at radius 3 is 2.56 bits per heavy atom. The molecule has 5 rings (SSSR count). The molecule has 1 aliphatic heterocycles. The van der Waals surface area contributed by atoms with Crippen LogP contribution in [0.3, 0.4) is 0 Å². The molecule has 12 nitrogen and oxygen atoms in total. The van der Waals surface area contributed by atoms with Gasteiger partial charge in [-0.1, -0.05) is 26.0 Å². The first-order valence-corrected chi connectivity index (χ1v) is 17.1. The molecule has 2 aliphatic rings. The van der Waals surface area contributed by atoms with Gasteiger partial charge in [0.1, 0.15) is 17.9 Å². The van der Waals surface area contributed by atoms with E-state index in [-0.39, 0.29) is 30.8 Å². The molecular formula is C36H48N6O6. The molecule has 1 N–H and O–H groups in total. The Labute approximate surface area is 282 Å². The number of methoxy groups -OCH3 is 1. The van der Waals surface area contributed by atoms with Crippen LogP contribution in [0.2, 0.25) is 0 Å². The highest BCUT2D eigenvalue weighted by molar-refractivity contribution is 5.91. The smallest absolute Gasteiger partial charge is 0.328 e. The fourth-order valence-corrected chi connectivity index (χ4v) is 6.53. The topological polar surface area (TPSA) is 138 Å². The van der Waals surface area contributed by atoms with Crippen molar-refractivity contribution >= 4 is 28.7 Å². The largest absolute Gasteiger partial charge is 0.496 e. The lowest BCUT2D eigenvalue weighted by molar-refractivity contribution is -0.148. The van der Waals surface area contributed by atoms with Crippen molar-refractivity contribution in [3.8, 4) is 17.6 Å². The summed E-state index contributed by atoms with van der Waals surface area (Å²) in [5, 5.41) is 8.30. The number of aromatic nitrogens is 4. The average molecular weight is 661 g/mol. The van der Waals surface area contributed by atoms with Crippen LogP contribution in [0.5, 0.6) is 11.6 Å². The number of carbonyl (C=O) groups excluding carboxylic acids is 3. The Kier molecular flexibility index (Phi) is 11.3. The van der Waals surface area contributed by atoms with Crippen molar-refractivity contribution in [2.45, 2.75) is 90.7 Å². The second kappa shape index (κ2) is 15.6. The molecule has 4 atom stereocenters. The van der Waals surface area contributed by atoms with E-state index in [1.54, 1.807) is 30.7 Å². The summed E-state index contributed by atoms with van der Waals surface area (Å²) in [6, 6.07) is 4.84. The molecule has 4 unspecified atom stereocenters. The average Bonchev–Trinajstić information content (AvgIpc) is 3.73. The van der Waals surface area contributed by atoms with E-state index < -0.39 is 30.0 Å². The van der Waals surface area contributed by atoms with E-state index in [0.29, 0.717) is 54.3 Å². The third-order valence-electron chi connectivity index (χ3n) is 9.27. The minimum absolute atomic E-state index is 0.106.